The van der Waals surface area contributed by atoms with Crippen molar-refractivity contribution in [2.75, 3.05) is 13.1 Å². The van der Waals surface area contributed by atoms with Gasteiger partial charge in [-0.1, -0.05) is 6.07 Å². The summed E-state index contributed by atoms with van der Waals surface area (Å²) in [5, 5.41) is 2.80. The maximum atomic E-state index is 11.4. The second-order valence-corrected chi connectivity index (χ2v) is 3.44. The molecule has 0 spiro atoms. The van der Waals surface area contributed by atoms with Gasteiger partial charge in [0, 0.05) is 12.7 Å². The summed E-state index contributed by atoms with van der Waals surface area (Å²) in [6, 6.07) is 3.82. The van der Waals surface area contributed by atoms with Crippen LogP contribution in [0.25, 0.3) is 0 Å². The fraction of sp³-hybridized carbons (Fsp3) is 0.455. The van der Waals surface area contributed by atoms with Crippen LogP contribution in [0.15, 0.2) is 18.3 Å². The third-order valence-corrected chi connectivity index (χ3v) is 2.15. The number of nitrogens with one attached hydrogen (secondary N) is 1. The fourth-order valence-electron chi connectivity index (χ4n) is 1.25. The highest BCUT2D eigenvalue weighted by atomic mass is 16.1. The van der Waals surface area contributed by atoms with Gasteiger partial charge in [-0.05, 0) is 31.5 Å². The van der Waals surface area contributed by atoms with Crippen molar-refractivity contribution in [3.05, 3.63) is 29.6 Å². The number of nitrogens with zero attached hydrogens (tertiary/aromatic N) is 1. The van der Waals surface area contributed by atoms with E-state index >= 15 is 0 Å². The van der Waals surface area contributed by atoms with E-state index in [2.05, 4.69) is 10.3 Å². The molecular formula is C11H17N3O. The van der Waals surface area contributed by atoms with Crippen LogP contribution in [-0.4, -0.2) is 24.0 Å². The molecule has 1 aromatic heterocycles. The highest BCUT2D eigenvalue weighted by molar-refractivity contribution is 5.78. The Labute approximate surface area is 89.9 Å². The lowest BCUT2D eigenvalue weighted by molar-refractivity contribution is -0.120. The lowest BCUT2D eigenvalue weighted by Crippen LogP contribution is -2.27. The van der Waals surface area contributed by atoms with Crippen LogP contribution in [0.1, 0.15) is 17.7 Å². The van der Waals surface area contributed by atoms with E-state index in [0.717, 1.165) is 17.7 Å². The van der Waals surface area contributed by atoms with Gasteiger partial charge in [0.2, 0.25) is 5.91 Å². The average molecular weight is 207 g/mol. The van der Waals surface area contributed by atoms with E-state index in [1.165, 1.54) is 0 Å². The summed E-state index contributed by atoms with van der Waals surface area (Å²) >= 11 is 0. The Kier molecular flexibility index (Phi) is 4.77. The Hall–Kier alpha value is -1.42. The summed E-state index contributed by atoms with van der Waals surface area (Å²) in [5.74, 6) is 0.00486. The van der Waals surface area contributed by atoms with Crippen molar-refractivity contribution in [1.82, 2.24) is 10.3 Å². The van der Waals surface area contributed by atoms with Crippen molar-refractivity contribution in [1.29, 1.82) is 0 Å². The summed E-state index contributed by atoms with van der Waals surface area (Å²) in [6.45, 7) is 3.19. The molecule has 4 nitrogen and oxygen atoms in total. The van der Waals surface area contributed by atoms with Gasteiger partial charge in [0.05, 0.1) is 12.1 Å². The predicted molar refractivity (Wildman–Crippen MR) is 59.4 cm³/mol. The summed E-state index contributed by atoms with van der Waals surface area (Å²) in [6.07, 6.45) is 2.86. The number of hydrogen-bond donors (Lipinski definition) is 2. The van der Waals surface area contributed by atoms with Crippen LogP contribution in [-0.2, 0) is 11.2 Å². The lowest BCUT2D eigenvalue weighted by atomic mass is 10.1. The maximum Gasteiger partial charge on any atom is 0.226 e. The highest BCUT2D eigenvalue weighted by Crippen LogP contribution is 2.03. The number of rotatable bonds is 5. The third kappa shape index (κ3) is 4.08. The molecule has 15 heavy (non-hydrogen) atoms. The summed E-state index contributed by atoms with van der Waals surface area (Å²) in [5.41, 5.74) is 7.21. The molecule has 0 unspecified atom stereocenters. The molecule has 82 valence electrons. The van der Waals surface area contributed by atoms with E-state index in [1.807, 2.05) is 19.1 Å². The first-order valence-corrected chi connectivity index (χ1v) is 5.11. The number of nitrogens with two attached hydrogens (primary N) is 1. The Morgan fingerprint density at radius 3 is 3.07 bits per heavy atom. The second-order valence-electron chi connectivity index (χ2n) is 3.44. The molecule has 1 amide bonds. The number of carbonyl (C=O) groups excluding carboxylic acids is 1. The zero-order valence-corrected chi connectivity index (χ0v) is 8.99. The summed E-state index contributed by atoms with van der Waals surface area (Å²) in [4.78, 5) is 15.6. The Morgan fingerprint density at radius 1 is 1.60 bits per heavy atom. The zero-order valence-electron chi connectivity index (χ0n) is 8.99. The van der Waals surface area contributed by atoms with Crippen molar-refractivity contribution in [3.63, 3.8) is 0 Å². The molecule has 0 radical (unpaired) electrons. The molecule has 0 saturated carbocycles. The number of aromatic nitrogens is 1. The minimum absolute atomic E-state index is 0.00486. The van der Waals surface area contributed by atoms with Crippen molar-refractivity contribution in [2.45, 2.75) is 19.8 Å². The van der Waals surface area contributed by atoms with Crippen LogP contribution in [0.2, 0.25) is 0 Å². The zero-order chi connectivity index (χ0) is 11.1. The van der Waals surface area contributed by atoms with Crippen LogP contribution in [0, 0.1) is 6.92 Å². The number of carbonyl (C=O) groups is 1. The predicted octanol–water partition coefficient (Wildman–Crippen LogP) is 0.398. The molecule has 1 heterocycles. The number of pyridine rings is 1. The van der Waals surface area contributed by atoms with Crippen molar-refractivity contribution in [2.24, 2.45) is 5.73 Å². The molecule has 0 fully saturated rings. The van der Waals surface area contributed by atoms with Crippen molar-refractivity contribution >= 4 is 5.91 Å². The first-order chi connectivity index (χ1) is 7.24. The standard InChI is InChI=1S/C11H17N3O/c1-9-4-2-6-13-10(9)8-11(15)14-7-3-5-12/h2,4,6H,3,5,7-8,12H2,1H3,(H,14,15). The van der Waals surface area contributed by atoms with Gasteiger partial charge in [-0.3, -0.25) is 9.78 Å². The van der Waals surface area contributed by atoms with Gasteiger partial charge in [0.15, 0.2) is 0 Å². The molecule has 0 bridgehead atoms. The number of amides is 1. The molecular weight excluding hydrogens is 190 g/mol. The van der Waals surface area contributed by atoms with Gasteiger partial charge in [0.1, 0.15) is 0 Å². The van der Waals surface area contributed by atoms with E-state index in [1.54, 1.807) is 6.20 Å². The molecule has 0 aromatic carbocycles. The second kappa shape index (κ2) is 6.14. The third-order valence-electron chi connectivity index (χ3n) is 2.15. The molecule has 1 rings (SSSR count). The van der Waals surface area contributed by atoms with E-state index in [0.29, 0.717) is 19.5 Å². The van der Waals surface area contributed by atoms with E-state index in [4.69, 9.17) is 5.73 Å². The SMILES string of the molecule is Cc1cccnc1CC(=O)NCCCN. The molecule has 0 saturated heterocycles. The van der Waals surface area contributed by atoms with Gasteiger partial charge in [-0.25, -0.2) is 0 Å². The quantitative estimate of drug-likeness (QED) is 0.687. The maximum absolute atomic E-state index is 11.4. The van der Waals surface area contributed by atoms with Gasteiger partial charge in [0.25, 0.3) is 0 Å². The molecule has 3 N–H and O–H groups in total. The van der Waals surface area contributed by atoms with Crippen molar-refractivity contribution in [3.8, 4) is 0 Å². The van der Waals surface area contributed by atoms with Crippen LogP contribution < -0.4 is 11.1 Å². The van der Waals surface area contributed by atoms with Crippen LogP contribution >= 0.6 is 0 Å². The Bertz CT molecular complexity index is 325. The number of aryl methyl sites for hydroxylation is 1. The van der Waals surface area contributed by atoms with Gasteiger partial charge >= 0.3 is 0 Å². The molecule has 1 aromatic rings. The molecule has 0 atom stereocenters. The van der Waals surface area contributed by atoms with Gasteiger partial charge < -0.3 is 11.1 Å². The normalized spacial score (nSPS) is 10.0. The smallest absolute Gasteiger partial charge is 0.226 e. The van der Waals surface area contributed by atoms with E-state index in [9.17, 15) is 4.79 Å². The number of hydrogen-bond acceptors (Lipinski definition) is 3. The molecule has 4 heteroatoms. The van der Waals surface area contributed by atoms with Crippen LogP contribution in [0.5, 0.6) is 0 Å². The van der Waals surface area contributed by atoms with E-state index < -0.39 is 0 Å². The Balaban J connectivity index is 2.41. The molecule has 0 aliphatic rings. The lowest BCUT2D eigenvalue weighted by Gasteiger charge is -2.05. The van der Waals surface area contributed by atoms with Crippen LogP contribution in [0.4, 0.5) is 0 Å². The fourth-order valence-corrected chi connectivity index (χ4v) is 1.25. The monoisotopic (exact) mass is 207 g/mol. The molecule has 0 aliphatic heterocycles. The average Bonchev–Trinajstić information content (AvgIpc) is 2.22. The highest BCUT2D eigenvalue weighted by Gasteiger charge is 2.05. The first kappa shape index (κ1) is 11.7. The minimum Gasteiger partial charge on any atom is -0.356 e. The summed E-state index contributed by atoms with van der Waals surface area (Å²) in [7, 11) is 0. The van der Waals surface area contributed by atoms with Gasteiger partial charge in [-0.2, -0.15) is 0 Å². The Morgan fingerprint density at radius 2 is 2.40 bits per heavy atom. The summed E-state index contributed by atoms with van der Waals surface area (Å²) < 4.78 is 0. The van der Waals surface area contributed by atoms with E-state index in [-0.39, 0.29) is 5.91 Å². The van der Waals surface area contributed by atoms with Crippen molar-refractivity contribution < 1.29 is 4.79 Å². The first-order valence-electron chi connectivity index (χ1n) is 5.11. The molecule has 0 aliphatic carbocycles. The largest absolute Gasteiger partial charge is 0.356 e. The van der Waals surface area contributed by atoms with Gasteiger partial charge in [-0.15, -0.1) is 0 Å². The van der Waals surface area contributed by atoms with Crippen LogP contribution in [0.3, 0.4) is 0 Å². The minimum atomic E-state index is 0.00486. The topological polar surface area (TPSA) is 68.0 Å².